The molecule has 1 aromatic rings. The van der Waals surface area contributed by atoms with Gasteiger partial charge < -0.3 is 5.73 Å². The van der Waals surface area contributed by atoms with E-state index in [2.05, 4.69) is 20.8 Å². The van der Waals surface area contributed by atoms with E-state index in [-0.39, 0.29) is 11.4 Å². The van der Waals surface area contributed by atoms with E-state index in [1.54, 1.807) is 0 Å². The first-order chi connectivity index (χ1) is 8.90. The van der Waals surface area contributed by atoms with Gasteiger partial charge in [0.05, 0.1) is 0 Å². The lowest BCUT2D eigenvalue weighted by atomic mass is 9.63. The lowest BCUT2D eigenvalue weighted by Crippen LogP contribution is -2.54. The third-order valence-corrected chi connectivity index (χ3v) is 4.69. The Morgan fingerprint density at radius 2 is 1.89 bits per heavy atom. The normalized spacial score (nSPS) is 31.7. The zero-order valence-electron chi connectivity index (χ0n) is 12.3. The van der Waals surface area contributed by atoms with Crippen molar-refractivity contribution < 1.29 is 4.39 Å². The molecule has 0 heterocycles. The molecule has 1 aliphatic carbocycles. The van der Waals surface area contributed by atoms with Crippen LogP contribution in [0, 0.1) is 23.6 Å². The van der Waals surface area contributed by atoms with Gasteiger partial charge in [0.2, 0.25) is 0 Å². The summed E-state index contributed by atoms with van der Waals surface area (Å²) < 4.78 is 13.0. The minimum atomic E-state index is -0.174. The Kier molecular flexibility index (Phi) is 4.29. The second kappa shape index (κ2) is 5.62. The van der Waals surface area contributed by atoms with Crippen LogP contribution in [0.25, 0.3) is 0 Å². The number of halogens is 1. The van der Waals surface area contributed by atoms with Gasteiger partial charge in [-0.25, -0.2) is 4.39 Å². The second-order valence-corrected chi connectivity index (χ2v) is 6.77. The molecule has 1 fully saturated rings. The zero-order valence-corrected chi connectivity index (χ0v) is 12.3. The first kappa shape index (κ1) is 14.5. The smallest absolute Gasteiger partial charge is 0.123 e. The van der Waals surface area contributed by atoms with Crippen molar-refractivity contribution in [3.8, 4) is 0 Å². The Labute approximate surface area is 116 Å². The molecular formula is C17H26FN. The molecule has 2 heteroatoms. The Morgan fingerprint density at radius 1 is 1.26 bits per heavy atom. The number of rotatable bonds is 3. The summed E-state index contributed by atoms with van der Waals surface area (Å²) in [6.07, 6.45) is 4.44. The molecule has 0 aliphatic heterocycles. The van der Waals surface area contributed by atoms with Crippen molar-refractivity contribution in [1.29, 1.82) is 0 Å². The molecule has 1 aromatic carbocycles. The van der Waals surface area contributed by atoms with Crippen molar-refractivity contribution >= 4 is 0 Å². The van der Waals surface area contributed by atoms with Gasteiger partial charge in [-0.1, -0.05) is 39.3 Å². The summed E-state index contributed by atoms with van der Waals surface area (Å²) in [5.41, 5.74) is 7.79. The van der Waals surface area contributed by atoms with Crippen LogP contribution >= 0.6 is 0 Å². The predicted octanol–water partition coefficient (Wildman–Crippen LogP) is 4.16. The number of hydrogen-bond donors (Lipinski definition) is 1. The summed E-state index contributed by atoms with van der Waals surface area (Å²) in [6.45, 7) is 6.84. The average Bonchev–Trinajstić information content (AvgIpc) is 2.31. The fourth-order valence-electron chi connectivity index (χ4n) is 3.84. The lowest BCUT2D eigenvalue weighted by molar-refractivity contribution is 0.109. The highest BCUT2D eigenvalue weighted by Gasteiger charge is 2.40. The fourth-order valence-corrected chi connectivity index (χ4v) is 3.84. The van der Waals surface area contributed by atoms with E-state index in [4.69, 9.17) is 5.73 Å². The van der Waals surface area contributed by atoms with Gasteiger partial charge >= 0.3 is 0 Å². The fraction of sp³-hybridized carbons (Fsp3) is 0.647. The highest BCUT2D eigenvalue weighted by atomic mass is 19.1. The van der Waals surface area contributed by atoms with Crippen LogP contribution < -0.4 is 5.73 Å². The van der Waals surface area contributed by atoms with Crippen LogP contribution in [0.3, 0.4) is 0 Å². The standard InChI is InChI=1S/C17H26FN/c1-12(2)16-9-4-13(3)10-17(16,19)11-14-5-7-15(18)8-6-14/h5-8,12-13,16H,4,9-11,19H2,1-3H3. The van der Waals surface area contributed by atoms with Crippen LogP contribution in [0.4, 0.5) is 4.39 Å². The second-order valence-electron chi connectivity index (χ2n) is 6.77. The van der Waals surface area contributed by atoms with Gasteiger partial charge in [0.1, 0.15) is 5.82 Å². The molecule has 0 bridgehead atoms. The molecule has 0 aromatic heterocycles. The molecule has 0 spiro atoms. The number of nitrogens with two attached hydrogens (primary N) is 1. The number of hydrogen-bond acceptors (Lipinski definition) is 1. The van der Waals surface area contributed by atoms with E-state index in [1.807, 2.05) is 12.1 Å². The summed E-state index contributed by atoms with van der Waals surface area (Å²) in [5, 5.41) is 0. The Bertz CT molecular complexity index is 412. The SMILES string of the molecule is CC1CCC(C(C)C)C(N)(Cc2ccc(F)cc2)C1. The maximum Gasteiger partial charge on any atom is 0.123 e. The van der Waals surface area contributed by atoms with Crippen molar-refractivity contribution in [3.05, 3.63) is 35.6 Å². The van der Waals surface area contributed by atoms with Gasteiger partial charge in [0, 0.05) is 5.54 Å². The van der Waals surface area contributed by atoms with Gasteiger partial charge in [-0.05, 0) is 54.7 Å². The third-order valence-electron chi connectivity index (χ3n) is 4.69. The molecule has 1 saturated carbocycles. The highest BCUT2D eigenvalue weighted by molar-refractivity contribution is 5.20. The molecule has 19 heavy (non-hydrogen) atoms. The minimum Gasteiger partial charge on any atom is -0.325 e. The van der Waals surface area contributed by atoms with E-state index in [1.165, 1.54) is 25.0 Å². The molecule has 1 aliphatic rings. The number of benzene rings is 1. The van der Waals surface area contributed by atoms with E-state index in [0.717, 1.165) is 18.4 Å². The third kappa shape index (κ3) is 3.36. The largest absolute Gasteiger partial charge is 0.325 e. The van der Waals surface area contributed by atoms with Gasteiger partial charge in [-0.15, -0.1) is 0 Å². The average molecular weight is 263 g/mol. The van der Waals surface area contributed by atoms with E-state index in [9.17, 15) is 4.39 Å². The topological polar surface area (TPSA) is 26.0 Å². The van der Waals surface area contributed by atoms with Crippen molar-refractivity contribution in [3.63, 3.8) is 0 Å². The quantitative estimate of drug-likeness (QED) is 0.870. The van der Waals surface area contributed by atoms with E-state index >= 15 is 0 Å². The maximum atomic E-state index is 13.0. The van der Waals surface area contributed by atoms with Gasteiger partial charge in [0.15, 0.2) is 0 Å². The monoisotopic (exact) mass is 263 g/mol. The van der Waals surface area contributed by atoms with Gasteiger partial charge in [-0.2, -0.15) is 0 Å². The van der Waals surface area contributed by atoms with Crippen molar-refractivity contribution in [2.75, 3.05) is 0 Å². The highest BCUT2D eigenvalue weighted by Crippen LogP contribution is 2.41. The van der Waals surface area contributed by atoms with Crippen LogP contribution in [0.5, 0.6) is 0 Å². The molecule has 2 N–H and O–H groups in total. The van der Waals surface area contributed by atoms with Crippen LogP contribution in [0.2, 0.25) is 0 Å². The molecule has 3 unspecified atom stereocenters. The molecule has 0 saturated heterocycles. The van der Waals surface area contributed by atoms with Crippen LogP contribution in [0.15, 0.2) is 24.3 Å². The zero-order chi connectivity index (χ0) is 14.0. The minimum absolute atomic E-state index is 0.135. The molecule has 106 valence electrons. The van der Waals surface area contributed by atoms with Crippen LogP contribution in [-0.4, -0.2) is 5.54 Å². The summed E-state index contributed by atoms with van der Waals surface area (Å²) in [6, 6.07) is 6.83. The predicted molar refractivity (Wildman–Crippen MR) is 78.4 cm³/mol. The van der Waals surface area contributed by atoms with E-state index < -0.39 is 0 Å². The van der Waals surface area contributed by atoms with Crippen LogP contribution in [0.1, 0.15) is 45.6 Å². The first-order valence-electron chi connectivity index (χ1n) is 7.44. The van der Waals surface area contributed by atoms with Crippen LogP contribution in [-0.2, 0) is 6.42 Å². The Balaban J connectivity index is 2.19. The van der Waals surface area contributed by atoms with E-state index in [0.29, 0.717) is 17.8 Å². The first-order valence-corrected chi connectivity index (χ1v) is 7.44. The van der Waals surface area contributed by atoms with Crippen molar-refractivity contribution in [2.45, 2.75) is 52.0 Å². The summed E-state index contributed by atoms with van der Waals surface area (Å²) in [5.74, 6) is 1.69. The molecule has 0 radical (unpaired) electrons. The molecule has 2 rings (SSSR count). The summed E-state index contributed by atoms with van der Waals surface area (Å²) in [7, 11) is 0. The Morgan fingerprint density at radius 3 is 2.47 bits per heavy atom. The molecule has 1 nitrogen and oxygen atoms in total. The lowest BCUT2D eigenvalue weighted by Gasteiger charge is -2.46. The maximum absolute atomic E-state index is 13.0. The van der Waals surface area contributed by atoms with Gasteiger partial charge in [-0.3, -0.25) is 0 Å². The molecule has 0 amide bonds. The molecule has 3 atom stereocenters. The van der Waals surface area contributed by atoms with Crippen molar-refractivity contribution in [1.82, 2.24) is 0 Å². The van der Waals surface area contributed by atoms with Gasteiger partial charge in [0.25, 0.3) is 0 Å². The molecular weight excluding hydrogens is 237 g/mol. The Hall–Kier alpha value is -0.890. The summed E-state index contributed by atoms with van der Waals surface area (Å²) in [4.78, 5) is 0. The van der Waals surface area contributed by atoms with Crippen molar-refractivity contribution in [2.24, 2.45) is 23.5 Å². The summed E-state index contributed by atoms with van der Waals surface area (Å²) >= 11 is 0.